The highest BCUT2D eigenvalue weighted by molar-refractivity contribution is 5.76. The first-order chi connectivity index (χ1) is 11.5. The fourth-order valence-corrected chi connectivity index (χ4v) is 5.51. The lowest BCUT2D eigenvalue weighted by Crippen LogP contribution is -2.65. The highest BCUT2D eigenvalue weighted by atomic mass is 16.2. The Hall–Kier alpha value is -1.14. The van der Waals surface area contributed by atoms with E-state index < -0.39 is 0 Å². The van der Waals surface area contributed by atoms with Gasteiger partial charge in [-0.05, 0) is 43.6 Å². The summed E-state index contributed by atoms with van der Waals surface area (Å²) >= 11 is 0. The molecule has 0 radical (unpaired) electrons. The second-order valence-corrected chi connectivity index (χ2v) is 8.56. The number of likely N-dealkylation sites (tertiary alicyclic amines) is 1. The molecule has 5 rings (SSSR count). The molecule has 3 saturated heterocycles. The number of nitrogens with zero attached hydrogens (tertiary/aromatic N) is 2. The van der Waals surface area contributed by atoms with Crippen molar-refractivity contribution in [1.29, 1.82) is 0 Å². The second-order valence-electron chi connectivity index (χ2n) is 8.56. The number of rotatable bonds is 5. The van der Waals surface area contributed by atoms with Crippen LogP contribution < -0.4 is 10.6 Å². The Morgan fingerprint density at radius 3 is 2.04 bits per heavy atom. The van der Waals surface area contributed by atoms with Gasteiger partial charge in [0.15, 0.2) is 0 Å². The molecule has 0 unspecified atom stereocenters. The first-order valence-corrected chi connectivity index (χ1v) is 9.47. The second kappa shape index (κ2) is 6.30. The number of hydrogen-bond donors (Lipinski definition) is 2. The van der Waals surface area contributed by atoms with Gasteiger partial charge in [0.1, 0.15) is 0 Å². The summed E-state index contributed by atoms with van der Waals surface area (Å²) in [7, 11) is 2.17. The van der Waals surface area contributed by atoms with Crippen molar-refractivity contribution < 1.29 is 9.59 Å². The first-order valence-electron chi connectivity index (χ1n) is 9.47. The maximum Gasteiger partial charge on any atom is 0.221 e. The number of carbonyl (C=O) groups excluding carboxylic acids is 2. The number of piperidine rings is 4. The van der Waals surface area contributed by atoms with Crippen molar-refractivity contribution in [3.8, 4) is 0 Å². The van der Waals surface area contributed by atoms with Gasteiger partial charge in [-0.25, -0.2) is 0 Å². The Morgan fingerprint density at radius 1 is 0.917 bits per heavy atom. The molecule has 5 aliphatic rings. The molecule has 2 N–H and O–H groups in total. The predicted octanol–water partition coefficient (Wildman–Crippen LogP) is -0.101. The molecule has 3 heterocycles. The van der Waals surface area contributed by atoms with Gasteiger partial charge in [-0.2, -0.15) is 0 Å². The molecule has 0 aromatic carbocycles. The van der Waals surface area contributed by atoms with Gasteiger partial charge < -0.3 is 20.4 Å². The van der Waals surface area contributed by atoms with Crippen LogP contribution in [-0.4, -0.2) is 73.5 Å². The zero-order valence-corrected chi connectivity index (χ0v) is 14.8. The molecule has 6 nitrogen and oxygen atoms in total. The van der Waals surface area contributed by atoms with Crippen LogP contribution in [0.2, 0.25) is 0 Å². The van der Waals surface area contributed by atoms with Crippen molar-refractivity contribution in [1.82, 2.24) is 20.4 Å². The van der Waals surface area contributed by atoms with E-state index in [9.17, 15) is 9.59 Å². The van der Waals surface area contributed by atoms with E-state index in [2.05, 4.69) is 27.5 Å². The van der Waals surface area contributed by atoms with E-state index in [4.69, 9.17) is 0 Å². The van der Waals surface area contributed by atoms with E-state index in [0.29, 0.717) is 42.2 Å². The zero-order chi connectivity index (χ0) is 16.8. The molecule has 4 bridgehead atoms. The van der Waals surface area contributed by atoms with Crippen molar-refractivity contribution in [2.24, 2.45) is 23.7 Å². The Morgan fingerprint density at radius 2 is 1.46 bits per heavy atom. The summed E-state index contributed by atoms with van der Waals surface area (Å²) in [5.74, 6) is 2.79. The molecular weight excluding hydrogens is 304 g/mol. The van der Waals surface area contributed by atoms with Crippen molar-refractivity contribution in [2.75, 3.05) is 39.8 Å². The van der Waals surface area contributed by atoms with Crippen LogP contribution in [0.4, 0.5) is 0 Å². The molecule has 0 aromatic heterocycles. The molecule has 5 fully saturated rings. The van der Waals surface area contributed by atoms with Gasteiger partial charge in [0, 0.05) is 58.2 Å². The Labute approximate surface area is 144 Å². The highest BCUT2D eigenvalue weighted by Crippen LogP contribution is 2.40. The Kier molecular flexibility index (Phi) is 4.29. The van der Waals surface area contributed by atoms with Crippen molar-refractivity contribution in [3.63, 3.8) is 0 Å². The van der Waals surface area contributed by atoms with E-state index in [0.717, 1.165) is 32.7 Å². The predicted molar refractivity (Wildman–Crippen MR) is 91.3 cm³/mol. The van der Waals surface area contributed by atoms with Crippen molar-refractivity contribution >= 4 is 11.8 Å². The van der Waals surface area contributed by atoms with Crippen LogP contribution in [-0.2, 0) is 9.59 Å². The molecule has 2 saturated carbocycles. The standard InChI is InChI=1S/C18H30N4O2/c1-11(23)19-17-14-6-15(17)10-22(9-14)4-3-16(24)20-18-12-5-13(18)8-21(2)7-12/h12-15,17-18H,3-10H2,1-2H3,(H,19,23)(H,20,24)/t12-,13+,14-,15+,17+,18-. The molecular formula is C18H30N4O2. The largest absolute Gasteiger partial charge is 0.353 e. The SMILES string of the molecule is CC(=O)N[C@H]1[C@@H]2C[C@H]1CN(CCC(=O)N[C@@H]1[C@@H]3C[C@H]1CN(C)C3)C2. The monoisotopic (exact) mass is 334 g/mol. The summed E-state index contributed by atoms with van der Waals surface area (Å²) in [6.45, 7) is 6.75. The zero-order valence-electron chi connectivity index (χ0n) is 14.8. The molecule has 3 aliphatic heterocycles. The van der Waals surface area contributed by atoms with Gasteiger partial charge in [0.05, 0.1) is 0 Å². The van der Waals surface area contributed by atoms with E-state index in [1.807, 2.05) is 0 Å². The third-order valence-corrected chi connectivity index (χ3v) is 6.67. The van der Waals surface area contributed by atoms with Crippen LogP contribution in [0.5, 0.6) is 0 Å². The van der Waals surface area contributed by atoms with E-state index in [1.54, 1.807) is 6.92 Å². The maximum atomic E-state index is 12.3. The smallest absolute Gasteiger partial charge is 0.221 e. The molecule has 134 valence electrons. The van der Waals surface area contributed by atoms with Gasteiger partial charge >= 0.3 is 0 Å². The molecule has 6 atom stereocenters. The lowest BCUT2D eigenvalue weighted by molar-refractivity contribution is -0.126. The van der Waals surface area contributed by atoms with Crippen molar-refractivity contribution in [2.45, 2.75) is 38.3 Å². The van der Waals surface area contributed by atoms with Crippen LogP contribution >= 0.6 is 0 Å². The normalized spacial score (nSPS) is 41.1. The highest BCUT2D eigenvalue weighted by Gasteiger charge is 2.47. The summed E-state index contributed by atoms with van der Waals surface area (Å²) in [5.41, 5.74) is 0. The lowest BCUT2D eigenvalue weighted by Gasteiger charge is -2.54. The summed E-state index contributed by atoms with van der Waals surface area (Å²) < 4.78 is 0. The summed E-state index contributed by atoms with van der Waals surface area (Å²) in [5, 5.41) is 6.37. The van der Waals surface area contributed by atoms with Gasteiger partial charge in [0.2, 0.25) is 11.8 Å². The van der Waals surface area contributed by atoms with E-state index >= 15 is 0 Å². The Bertz CT molecular complexity index is 501. The van der Waals surface area contributed by atoms with E-state index in [-0.39, 0.29) is 11.8 Å². The minimum absolute atomic E-state index is 0.0826. The molecule has 6 heteroatoms. The third kappa shape index (κ3) is 3.06. The molecule has 2 amide bonds. The minimum Gasteiger partial charge on any atom is -0.353 e. The first kappa shape index (κ1) is 16.3. The minimum atomic E-state index is 0.0826. The van der Waals surface area contributed by atoms with Crippen LogP contribution in [0.25, 0.3) is 0 Å². The van der Waals surface area contributed by atoms with Crippen LogP contribution in [0, 0.1) is 23.7 Å². The van der Waals surface area contributed by atoms with Crippen LogP contribution in [0.3, 0.4) is 0 Å². The molecule has 0 aromatic rings. The summed E-state index contributed by atoms with van der Waals surface area (Å²) in [6.07, 6.45) is 3.12. The van der Waals surface area contributed by atoms with E-state index in [1.165, 1.54) is 12.8 Å². The third-order valence-electron chi connectivity index (χ3n) is 6.67. The van der Waals surface area contributed by atoms with Crippen molar-refractivity contribution in [3.05, 3.63) is 0 Å². The average molecular weight is 334 g/mol. The number of fused-ring (bicyclic) bond motifs is 4. The van der Waals surface area contributed by atoms with Gasteiger partial charge in [0.25, 0.3) is 0 Å². The molecule has 0 spiro atoms. The topological polar surface area (TPSA) is 64.7 Å². The Balaban J connectivity index is 1.17. The van der Waals surface area contributed by atoms with Crippen LogP contribution in [0.1, 0.15) is 26.2 Å². The molecule has 2 aliphatic carbocycles. The summed E-state index contributed by atoms with van der Waals surface area (Å²) in [6, 6.07) is 0.798. The maximum absolute atomic E-state index is 12.3. The lowest BCUT2D eigenvalue weighted by atomic mass is 9.66. The van der Waals surface area contributed by atoms with Gasteiger partial charge in [-0.15, -0.1) is 0 Å². The fraction of sp³-hybridized carbons (Fsp3) is 0.889. The summed E-state index contributed by atoms with van der Waals surface area (Å²) in [4.78, 5) is 28.3. The van der Waals surface area contributed by atoms with Crippen LogP contribution in [0.15, 0.2) is 0 Å². The number of carbonyl (C=O) groups is 2. The number of nitrogens with one attached hydrogen (secondary N) is 2. The fourth-order valence-electron chi connectivity index (χ4n) is 5.51. The number of amides is 2. The number of hydrogen-bond acceptors (Lipinski definition) is 4. The average Bonchev–Trinajstić information content (AvgIpc) is 2.55. The van der Waals surface area contributed by atoms with Gasteiger partial charge in [-0.3, -0.25) is 9.59 Å². The molecule has 24 heavy (non-hydrogen) atoms. The van der Waals surface area contributed by atoms with Gasteiger partial charge in [-0.1, -0.05) is 0 Å². The quantitative estimate of drug-likeness (QED) is 0.737.